The zero-order chi connectivity index (χ0) is 13.0. The van der Waals surface area contributed by atoms with Gasteiger partial charge in [-0.05, 0) is 30.5 Å². The van der Waals surface area contributed by atoms with Gasteiger partial charge in [-0.15, -0.1) is 0 Å². The Kier molecular flexibility index (Phi) is 3.93. The Morgan fingerprint density at radius 2 is 2.39 bits per heavy atom. The van der Waals surface area contributed by atoms with Crippen LogP contribution in [0.4, 0.5) is 4.39 Å². The number of carbonyl (C=O) groups is 1. The summed E-state index contributed by atoms with van der Waals surface area (Å²) in [6.45, 7) is 1.21. The van der Waals surface area contributed by atoms with Gasteiger partial charge in [0.25, 0.3) is 0 Å². The first kappa shape index (κ1) is 12.6. The third kappa shape index (κ3) is 3.07. The van der Waals surface area contributed by atoms with E-state index < -0.39 is 0 Å². The van der Waals surface area contributed by atoms with Crippen molar-refractivity contribution in [1.29, 1.82) is 5.26 Å². The molecule has 1 aliphatic rings. The molecule has 1 aromatic carbocycles. The minimum Gasteiger partial charge on any atom is -0.341 e. The van der Waals surface area contributed by atoms with Crippen molar-refractivity contribution in [2.45, 2.75) is 19.3 Å². The molecule has 1 fully saturated rings. The van der Waals surface area contributed by atoms with Crippen molar-refractivity contribution >= 4 is 5.91 Å². The van der Waals surface area contributed by atoms with Gasteiger partial charge in [0.05, 0.1) is 18.4 Å². The second kappa shape index (κ2) is 5.63. The number of likely N-dealkylation sites (tertiary alicyclic amines) is 1. The molecule has 0 N–H and O–H groups in total. The van der Waals surface area contributed by atoms with Crippen LogP contribution in [-0.2, 0) is 11.2 Å². The molecule has 0 radical (unpaired) electrons. The van der Waals surface area contributed by atoms with Gasteiger partial charge in [0.15, 0.2) is 0 Å². The number of piperidine rings is 1. The van der Waals surface area contributed by atoms with Crippen molar-refractivity contribution < 1.29 is 9.18 Å². The van der Waals surface area contributed by atoms with Crippen LogP contribution < -0.4 is 0 Å². The van der Waals surface area contributed by atoms with Crippen molar-refractivity contribution in [2.24, 2.45) is 5.92 Å². The lowest BCUT2D eigenvalue weighted by atomic mass is 9.99. The predicted octanol–water partition coefficient (Wildman–Crippen LogP) is 2.13. The molecule has 1 heterocycles. The van der Waals surface area contributed by atoms with Crippen molar-refractivity contribution in [1.82, 2.24) is 4.90 Å². The molecule has 0 aliphatic carbocycles. The monoisotopic (exact) mass is 246 g/mol. The minimum atomic E-state index is -0.325. The highest BCUT2D eigenvalue weighted by molar-refractivity contribution is 5.78. The number of nitrogens with zero attached hydrogens (tertiary/aromatic N) is 2. The fourth-order valence-electron chi connectivity index (χ4n) is 2.24. The lowest BCUT2D eigenvalue weighted by molar-refractivity contribution is -0.131. The third-order valence-electron chi connectivity index (χ3n) is 3.20. The standard InChI is InChI=1S/C14H15FN2O/c15-13-5-1-3-11(7-13)8-14(18)17-6-2-4-12(9-16)10-17/h1,3,5,7,12H,2,4,6,8,10H2. The van der Waals surface area contributed by atoms with Crippen LogP contribution in [0.1, 0.15) is 18.4 Å². The van der Waals surface area contributed by atoms with Crippen molar-refractivity contribution in [3.63, 3.8) is 0 Å². The third-order valence-corrected chi connectivity index (χ3v) is 3.20. The SMILES string of the molecule is N#CC1CCCN(C(=O)Cc2cccc(F)c2)C1. The van der Waals surface area contributed by atoms with Gasteiger partial charge in [-0.25, -0.2) is 4.39 Å². The molecule has 1 aliphatic heterocycles. The van der Waals surface area contributed by atoms with E-state index in [2.05, 4.69) is 6.07 Å². The Hall–Kier alpha value is -1.89. The fourth-order valence-corrected chi connectivity index (χ4v) is 2.24. The molecular formula is C14H15FN2O. The second-order valence-corrected chi connectivity index (χ2v) is 4.61. The highest BCUT2D eigenvalue weighted by Gasteiger charge is 2.23. The molecule has 0 saturated carbocycles. The van der Waals surface area contributed by atoms with Crippen LogP contribution in [0.3, 0.4) is 0 Å². The normalized spacial score (nSPS) is 19.3. The zero-order valence-corrected chi connectivity index (χ0v) is 10.1. The largest absolute Gasteiger partial charge is 0.341 e. The summed E-state index contributed by atoms with van der Waals surface area (Å²) in [4.78, 5) is 13.7. The van der Waals surface area contributed by atoms with Crippen molar-refractivity contribution in [3.8, 4) is 6.07 Å². The predicted molar refractivity (Wildman–Crippen MR) is 65.0 cm³/mol. The van der Waals surface area contributed by atoms with Crippen LogP contribution in [0.2, 0.25) is 0 Å². The maximum atomic E-state index is 13.0. The quantitative estimate of drug-likeness (QED) is 0.802. The van der Waals surface area contributed by atoms with Gasteiger partial charge in [0.1, 0.15) is 5.82 Å². The number of halogens is 1. The fraction of sp³-hybridized carbons (Fsp3) is 0.429. The van der Waals surface area contributed by atoms with Gasteiger partial charge in [0.2, 0.25) is 5.91 Å². The maximum Gasteiger partial charge on any atom is 0.227 e. The topological polar surface area (TPSA) is 44.1 Å². The average Bonchev–Trinajstić information content (AvgIpc) is 2.39. The lowest BCUT2D eigenvalue weighted by Gasteiger charge is -2.29. The van der Waals surface area contributed by atoms with Gasteiger partial charge in [-0.2, -0.15) is 5.26 Å². The van der Waals surface area contributed by atoms with Crippen LogP contribution in [-0.4, -0.2) is 23.9 Å². The Morgan fingerprint density at radius 1 is 1.56 bits per heavy atom. The first-order valence-electron chi connectivity index (χ1n) is 6.11. The van der Waals surface area contributed by atoms with E-state index >= 15 is 0 Å². The van der Waals surface area contributed by atoms with Crippen LogP contribution in [0.25, 0.3) is 0 Å². The number of rotatable bonds is 2. The number of hydrogen-bond acceptors (Lipinski definition) is 2. The van der Waals surface area contributed by atoms with Crippen molar-refractivity contribution in [2.75, 3.05) is 13.1 Å². The van der Waals surface area contributed by atoms with Gasteiger partial charge in [0, 0.05) is 13.1 Å². The Labute approximate surface area is 106 Å². The summed E-state index contributed by atoms with van der Waals surface area (Å²) in [5, 5.41) is 8.88. The summed E-state index contributed by atoms with van der Waals surface area (Å²) < 4.78 is 13.0. The number of hydrogen-bond donors (Lipinski definition) is 0. The lowest BCUT2D eigenvalue weighted by Crippen LogP contribution is -2.40. The molecule has 94 valence electrons. The van der Waals surface area contributed by atoms with E-state index in [0.29, 0.717) is 18.7 Å². The minimum absolute atomic E-state index is 0.0273. The Bertz CT molecular complexity index is 481. The van der Waals surface area contributed by atoms with Crippen LogP contribution >= 0.6 is 0 Å². The smallest absolute Gasteiger partial charge is 0.227 e. The summed E-state index contributed by atoms with van der Waals surface area (Å²) >= 11 is 0. The summed E-state index contributed by atoms with van der Waals surface area (Å²) in [6, 6.07) is 8.29. The first-order valence-corrected chi connectivity index (χ1v) is 6.11. The van der Waals surface area contributed by atoms with E-state index in [1.165, 1.54) is 12.1 Å². The Balaban J connectivity index is 1.98. The highest BCUT2D eigenvalue weighted by Crippen LogP contribution is 2.16. The van der Waals surface area contributed by atoms with E-state index in [4.69, 9.17) is 5.26 Å². The van der Waals surface area contributed by atoms with E-state index in [9.17, 15) is 9.18 Å². The number of nitriles is 1. The van der Waals surface area contributed by atoms with Crippen LogP contribution in [0.15, 0.2) is 24.3 Å². The maximum absolute atomic E-state index is 13.0. The zero-order valence-electron chi connectivity index (χ0n) is 10.1. The van der Waals surface area contributed by atoms with E-state index in [0.717, 1.165) is 12.8 Å². The van der Waals surface area contributed by atoms with E-state index in [1.54, 1.807) is 17.0 Å². The van der Waals surface area contributed by atoms with Gasteiger partial charge in [-0.1, -0.05) is 12.1 Å². The summed E-state index contributed by atoms with van der Waals surface area (Å²) in [6.07, 6.45) is 1.93. The second-order valence-electron chi connectivity index (χ2n) is 4.61. The molecule has 18 heavy (non-hydrogen) atoms. The molecule has 0 aromatic heterocycles. The highest BCUT2D eigenvalue weighted by atomic mass is 19.1. The van der Waals surface area contributed by atoms with Gasteiger partial charge in [-0.3, -0.25) is 4.79 Å². The summed E-state index contributed by atoms with van der Waals surface area (Å²) in [5.41, 5.74) is 0.680. The molecule has 4 heteroatoms. The molecule has 0 spiro atoms. The number of benzene rings is 1. The molecular weight excluding hydrogens is 231 g/mol. The molecule has 0 bridgehead atoms. The van der Waals surface area contributed by atoms with Gasteiger partial charge < -0.3 is 4.90 Å². The van der Waals surface area contributed by atoms with Gasteiger partial charge >= 0.3 is 0 Å². The molecule has 1 atom stereocenters. The summed E-state index contributed by atoms with van der Waals surface area (Å²) in [7, 11) is 0. The molecule has 3 nitrogen and oxygen atoms in total. The average molecular weight is 246 g/mol. The molecule has 2 rings (SSSR count). The van der Waals surface area contributed by atoms with Crippen molar-refractivity contribution in [3.05, 3.63) is 35.6 Å². The molecule has 1 unspecified atom stereocenters. The molecule has 1 aromatic rings. The number of carbonyl (C=O) groups excluding carboxylic acids is 1. The molecule has 1 amide bonds. The van der Waals surface area contributed by atoms with E-state index in [1.807, 2.05) is 0 Å². The summed E-state index contributed by atoms with van der Waals surface area (Å²) in [5.74, 6) is -0.412. The van der Waals surface area contributed by atoms with E-state index in [-0.39, 0.29) is 24.1 Å². The molecule has 1 saturated heterocycles. The van der Waals surface area contributed by atoms with Crippen LogP contribution in [0.5, 0.6) is 0 Å². The Morgan fingerprint density at radius 3 is 3.11 bits per heavy atom. The number of amides is 1. The van der Waals surface area contributed by atoms with Crippen LogP contribution in [0, 0.1) is 23.1 Å². The first-order chi connectivity index (χ1) is 8.69.